The van der Waals surface area contributed by atoms with Crippen LogP contribution in [0.2, 0.25) is 10.0 Å². The van der Waals surface area contributed by atoms with Crippen molar-refractivity contribution in [3.63, 3.8) is 0 Å². The van der Waals surface area contributed by atoms with E-state index < -0.39 is 10.8 Å². The lowest BCUT2D eigenvalue weighted by Crippen LogP contribution is -2.11. The molecule has 0 aliphatic heterocycles. The number of amides is 1. The maximum atomic E-state index is 12.4. The standard InChI is InChI=1S/C21H14Cl2N2O4S/c22-14-6-9-18(19(23)10-14)20(26)12-30-17-3-1-2-15(11-17)24-21(27)13-4-7-16(8-5-13)25(28)29/h1-11H,12H2,(H,24,27). The Morgan fingerprint density at radius 2 is 1.73 bits per heavy atom. The van der Waals surface area contributed by atoms with Gasteiger partial charge in [0.1, 0.15) is 0 Å². The zero-order valence-electron chi connectivity index (χ0n) is 15.3. The van der Waals surface area contributed by atoms with Gasteiger partial charge in [0.2, 0.25) is 0 Å². The molecule has 9 heteroatoms. The number of anilines is 1. The molecule has 152 valence electrons. The van der Waals surface area contributed by atoms with E-state index in [2.05, 4.69) is 5.32 Å². The molecule has 1 N–H and O–H groups in total. The average molecular weight is 461 g/mol. The average Bonchev–Trinajstić information content (AvgIpc) is 2.72. The fraction of sp³-hybridized carbons (Fsp3) is 0.0476. The van der Waals surface area contributed by atoms with Gasteiger partial charge in [-0.05, 0) is 48.5 Å². The fourth-order valence-corrected chi connectivity index (χ4v) is 3.90. The van der Waals surface area contributed by atoms with Crippen LogP contribution in [0.15, 0.2) is 71.6 Å². The quantitative estimate of drug-likeness (QED) is 0.198. The number of hydrogen-bond acceptors (Lipinski definition) is 5. The second-order valence-electron chi connectivity index (χ2n) is 6.12. The Hall–Kier alpha value is -2.87. The van der Waals surface area contributed by atoms with Crippen LogP contribution in [-0.2, 0) is 0 Å². The molecule has 0 aliphatic carbocycles. The predicted octanol–water partition coefficient (Wildman–Crippen LogP) is 6.13. The maximum Gasteiger partial charge on any atom is 0.269 e. The fourth-order valence-electron chi connectivity index (χ4n) is 2.54. The van der Waals surface area contributed by atoms with Crippen molar-refractivity contribution in [3.8, 4) is 0 Å². The molecule has 0 saturated heterocycles. The summed E-state index contributed by atoms with van der Waals surface area (Å²) in [6.07, 6.45) is 0. The van der Waals surface area contributed by atoms with E-state index in [0.29, 0.717) is 26.9 Å². The predicted molar refractivity (Wildman–Crippen MR) is 119 cm³/mol. The van der Waals surface area contributed by atoms with E-state index in [-0.39, 0.29) is 17.2 Å². The van der Waals surface area contributed by atoms with Gasteiger partial charge in [0.05, 0.1) is 15.7 Å². The Labute approximate surface area is 186 Å². The number of nitrogens with one attached hydrogen (secondary N) is 1. The van der Waals surface area contributed by atoms with Gasteiger partial charge in [-0.15, -0.1) is 11.8 Å². The van der Waals surface area contributed by atoms with E-state index in [0.717, 1.165) is 4.90 Å². The van der Waals surface area contributed by atoms with Crippen LogP contribution in [0.5, 0.6) is 0 Å². The topological polar surface area (TPSA) is 89.3 Å². The molecule has 1 amide bonds. The molecule has 0 heterocycles. The van der Waals surface area contributed by atoms with Crippen molar-refractivity contribution in [2.75, 3.05) is 11.1 Å². The Morgan fingerprint density at radius 3 is 2.40 bits per heavy atom. The van der Waals surface area contributed by atoms with Gasteiger partial charge < -0.3 is 5.32 Å². The summed E-state index contributed by atoms with van der Waals surface area (Å²) in [6.45, 7) is 0. The van der Waals surface area contributed by atoms with Crippen molar-refractivity contribution in [1.29, 1.82) is 0 Å². The molecule has 3 aromatic rings. The second-order valence-corrected chi connectivity index (χ2v) is 8.01. The molecule has 6 nitrogen and oxygen atoms in total. The lowest BCUT2D eigenvalue weighted by molar-refractivity contribution is -0.384. The molecule has 0 aliphatic rings. The highest BCUT2D eigenvalue weighted by Gasteiger charge is 2.13. The number of Topliss-reactive ketones (excluding diaryl/α,β-unsaturated/α-hetero) is 1. The minimum Gasteiger partial charge on any atom is -0.322 e. The van der Waals surface area contributed by atoms with Gasteiger partial charge >= 0.3 is 0 Å². The molecule has 0 spiro atoms. The van der Waals surface area contributed by atoms with Gasteiger partial charge in [0, 0.05) is 38.9 Å². The molecule has 30 heavy (non-hydrogen) atoms. The van der Waals surface area contributed by atoms with Crippen LogP contribution in [-0.4, -0.2) is 22.4 Å². The summed E-state index contributed by atoms with van der Waals surface area (Å²) in [5.41, 5.74) is 1.15. The number of carbonyl (C=O) groups excluding carboxylic acids is 2. The van der Waals surface area contributed by atoms with Crippen molar-refractivity contribution in [3.05, 3.63) is 98.0 Å². The zero-order valence-corrected chi connectivity index (χ0v) is 17.6. The van der Waals surface area contributed by atoms with Crippen LogP contribution in [0.4, 0.5) is 11.4 Å². The molecule has 0 radical (unpaired) electrons. The van der Waals surface area contributed by atoms with E-state index >= 15 is 0 Å². The summed E-state index contributed by atoms with van der Waals surface area (Å²) in [6, 6.07) is 17.1. The van der Waals surface area contributed by atoms with Gasteiger partial charge in [-0.25, -0.2) is 0 Å². The first kappa shape index (κ1) is 21.8. The number of ketones is 1. The van der Waals surface area contributed by atoms with Crippen LogP contribution in [0.25, 0.3) is 0 Å². The smallest absolute Gasteiger partial charge is 0.269 e. The summed E-state index contributed by atoms with van der Waals surface area (Å²) < 4.78 is 0. The first-order valence-corrected chi connectivity index (χ1v) is 10.3. The third-order valence-corrected chi connectivity index (χ3v) is 5.58. The van der Waals surface area contributed by atoms with Gasteiger partial charge in [-0.2, -0.15) is 0 Å². The van der Waals surface area contributed by atoms with Crippen molar-refractivity contribution in [2.45, 2.75) is 4.90 Å². The van der Waals surface area contributed by atoms with Crippen molar-refractivity contribution >= 4 is 58.0 Å². The zero-order chi connectivity index (χ0) is 21.7. The van der Waals surface area contributed by atoms with Crippen LogP contribution >= 0.6 is 35.0 Å². The highest BCUT2D eigenvalue weighted by atomic mass is 35.5. The van der Waals surface area contributed by atoms with E-state index in [4.69, 9.17) is 23.2 Å². The molecular formula is C21H14Cl2N2O4S. The summed E-state index contributed by atoms with van der Waals surface area (Å²) >= 11 is 13.2. The molecule has 0 aromatic heterocycles. The van der Waals surface area contributed by atoms with Crippen molar-refractivity contribution in [1.82, 2.24) is 0 Å². The highest BCUT2D eigenvalue weighted by molar-refractivity contribution is 8.00. The Kier molecular flexibility index (Phi) is 7.10. The number of halogens is 2. The van der Waals surface area contributed by atoms with Gasteiger partial charge in [-0.1, -0.05) is 29.3 Å². The molecule has 0 unspecified atom stereocenters. The van der Waals surface area contributed by atoms with Gasteiger partial charge in [-0.3, -0.25) is 19.7 Å². The highest BCUT2D eigenvalue weighted by Crippen LogP contribution is 2.26. The minimum atomic E-state index is -0.527. The van der Waals surface area contributed by atoms with Crippen LogP contribution in [0.3, 0.4) is 0 Å². The molecule has 0 bridgehead atoms. The number of nitro benzene ring substituents is 1. The van der Waals surface area contributed by atoms with E-state index in [1.165, 1.54) is 42.1 Å². The van der Waals surface area contributed by atoms with Crippen molar-refractivity contribution < 1.29 is 14.5 Å². The Morgan fingerprint density at radius 1 is 1.00 bits per heavy atom. The third-order valence-electron chi connectivity index (χ3n) is 4.03. The van der Waals surface area contributed by atoms with E-state index in [1.807, 2.05) is 6.07 Å². The number of carbonyl (C=O) groups is 2. The number of nitrogens with zero attached hydrogens (tertiary/aromatic N) is 1. The number of thioether (sulfide) groups is 1. The number of benzene rings is 3. The van der Waals surface area contributed by atoms with E-state index in [1.54, 1.807) is 30.3 Å². The lowest BCUT2D eigenvalue weighted by Gasteiger charge is -2.08. The molecule has 3 aromatic carbocycles. The van der Waals surface area contributed by atoms with Crippen molar-refractivity contribution in [2.24, 2.45) is 0 Å². The molecule has 0 atom stereocenters. The van der Waals surface area contributed by atoms with Gasteiger partial charge in [0.15, 0.2) is 5.78 Å². The molecule has 0 fully saturated rings. The number of hydrogen-bond donors (Lipinski definition) is 1. The first-order chi connectivity index (χ1) is 14.3. The summed E-state index contributed by atoms with van der Waals surface area (Å²) in [5.74, 6) is -0.362. The summed E-state index contributed by atoms with van der Waals surface area (Å²) in [4.78, 5) is 35.7. The van der Waals surface area contributed by atoms with Gasteiger partial charge in [0.25, 0.3) is 11.6 Å². The molecule has 3 rings (SSSR count). The number of non-ortho nitro benzene ring substituents is 1. The molecular weight excluding hydrogens is 447 g/mol. The molecule has 0 saturated carbocycles. The number of nitro groups is 1. The van der Waals surface area contributed by atoms with E-state index in [9.17, 15) is 19.7 Å². The Balaban J connectivity index is 1.63. The van der Waals surface area contributed by atoms with Crippen LogP contribution in [0, 0.1) is 10.1 Å². The monoisotopic (exact) mass is 460 g/mol. The second kappa shape index (κ2) is 9.75. The first-order valence-electron chi connectivity index (χ1n) is 8.60. The summed E-state index contributed by atoms with van der Waals surface area (Å²) in [5, 5.41) is 14.2. The minimum absolute atomic E-state index is 0.0876. The van der Waals surface area contributed by atoms with Crippen LogP contribution < -0.4 is 5.32 Å². The normalized spacial score (nSPS) is 10.5. The SMILES string of the molecule is O=C(Nc1cccc(SCC(=O)c2ccc(Cl)cc2Cl)c1)c1ccc([N+](=O)[O-])cc1. The van der Waals surface area contributed by atoms with Crippen LogP contribution in [0.1, 0.15) is 20.7 Å². The third kappa shape index (κ3) is 5.60. The lowest BCUT2D eigenvalue weighted by atomic mass is 10.1. The largest absolute Gasteiger partial charge is 0.322 e. The summed E-state index contributed by atoms with van der Waals surface area (Å²) in [7, 11) is 0. The number of rotatable bonds is 7. The Bertz CT molecular complexity index is 1120. The maximum absolute atomic E-state index is 12.4.